The maximum absolute atomic E-state index is 13.3. The van der Waals surface area contributed by atoms with Gasteiger partial charge in [-0.3, -0.25) is 19.2 Å². The molecule has 49 heavy (non-hydrogen) atoms. The minimum absolute atomic E-state index is 0.0495. The normalized spacial score (nSPS) is 15.6. The molecule has 0 bridgehead atoms. The highest BCUT2D eigenvalue weighted by Gasteiger charge is 2.22. The third kappa shape index (κ3) is 8.06. The van der Waals surface area contributed by atoms with Crippen LogP contribution in [-0.2, 0) is 21.4 Å². The molecule has 1 aromatic heterocycles. The summed E-state index contributed by atoms with van der Waals surface area (Å²) in [5, 5.41) is 8.12. The van der Waals surface area contributed by atoms with Gasteiger partial charge in [-0.15, -0.1) is 0 Å². The number of nitrogens with zero attached hydrogens (tertiary/aromatic N) is 4. The van der Waals surface area contributed by atoms with Gasteiger partial charge >= 0.3 is 0 Å². The second kappa shape index (κ2) is 15.6. The van der Waals surface area contributed by atoms with E-state index in [-0.39, 0.29) is 30.0 Å². The molecule has 2 N–H and O–H groups in total. The van der Waals surface area contributed by atoms with Crippen LogP contribution in [0.5, 0.6) is 0 Å². The van der Waals surface area contributed by atoms with E-state index < -0.39 is 0 Å². The third-order valence-electron chi connectivity index (χ3n) is 9.07. The summed E-state index contributed by atoms with van der Waals surface area (Å²) in [6.07, 6.45) is 3.62. The van der Waals surface area contributed by atoms with Gasteiger partial charge in [0.25, 0.3) is 17.4 Å². The Morgan fingerprint density at radius 2 is 1.63 bits per heavy atom. The molecule has 6 rings (SSSR count). The van der Waals surface area contributed by atoms with E-state index in [0.717, 1.165) is 37.1 Å². The molecular formula is C37H42N6O6. The van der Waals surface area contributed by atoms with Crippen molar-refractivity contribution in [3.63, 3.8) is 0 Å². The zero-order chi connectivity index (χ0) is 34.3. The summed E-state index contributed by atoms with van der Waals surface area (Å²) in [6, 6.07) is 20.4. The average Bonchev–Trinajstić information content (AvgIpc) is 3.14. The molecule has 2 amide bonds. The number of methoxy groups -OCH3 is 1. The van der Waals surface area contributed by atoms with Crippen molar-refractivity contribution in [2.75, 3.05) is 63.9 Å². The maximum Gasteiger partial charge on any atom is 0.293 e. The van der Waals surface area contributed by atoms with Gasteiger partial charge in [0.15, 0.2) is 12.6 Å². The molecule has 2 aliphatic rings. The summed E-state index contributed by atoms with van der Waals surface area (Å²) in [5.41, 5.74) is 5.50. The number of aryl methyl sites for hydroxylation is 1. The number of amides is 2. The minimum atomic E-state index is -0.298. The van der Waals surface area contributed by atoms with E-state index in [0.29, 0.717) is 60.4 Å². The molecule has 0 unspecified atom stereocenters. The fourth-order valence-electron chi connectivity index (χ4n) is 6.19. The molecule has 0 saturated carbocycles. The van der Waals surface area contributed by atoms with Crippen molar-refractivity contribution in [1.82, 2.24) is 19.5 Å². The van der Waals surface area contributed by atoms with Crippen LogP contribution >= 0.6 is 0 Å². The van der Waals surface area contributed by atoms with Crippen molar-refractivity contribution in [2.24, 2.45) is 7.05 Å². The molecular weight excluding hydrogens is 624 g/mol. The van der Waals surface area contributed by atoms with Crippen LogP contribution in [0.15, 0.2) is 77.7 Å². The highest BCUT2D eigenvalue weighted by Crippen LogP contribution is 2.30. The van der Waals surface area contributed by atoms with Crippen LogP contribution in [-0.4, -0.2) is 84.6 Å². The lowest BCUT2D eigenvalue weighted by atomic mass is 9.89. The molecule has 2 aliphatic heterocycles. The first-order valence-electron chi connectivity index (χ1n) is 16.5. The molecule has 256 valence electrons. The molecule has 0 radical (unpaired) electrons. The predicted molar refractivity (Wildman–Crippen MR) is 187 cm³/mol. The van der Waals surface area contributed by atoms with E-state index in [4.69, 9.17) is 14.3 Å². The summed E-state index contributed by atoms with van der Waals surface area (Å²) in [4.78, 5) is 51.2. The van der Waals surface area contributed by atoms with Gasteiger partial charge in [0, 0.05) is 74.6 Å². The molecule has 0 aliphatic carbocycles. The van der Waals surface area contributed by atoms with Gasteiger partial charge in [-0.05, 0) is 79.3 Å². The zero-order valence-electron chi connectivity index (χ0n) is 28.1. The third-order valence-corrected chi connectivity index (χ3v) is 9.07. The van der Waals surface area contributed by atoms with E-state index in [1.807, 2.05) is 54.5 Å². The van der Waals surface area contributed by atoms with Crippen LogP contribution < -0.4 is 16.2 Å². The lowest BCUT2D eigenvalue weighted by Gasteiger charge is -2.31. The van der Waals surface area contributed by atoms with Crippen molar-refractivity contribution in [2.45, 2.75) is 25.7 Å². The number of aromatic nitrogens is 2. The number of morpholine rings is 1. The monoisotopic (exact) mass is 666 g/mol. The van der Waals surface area contributed by atoms with Crippen molar-refractivity contribution >= 4 is 29.0 Å². The molecule has 2 saturated heterocycles. The quantitative estimate of drug-likeness (QED) is 0.226. The number of ether oxygens (including phenoxy) is 2. The molecule has 2 fully saturated rings. The number of anilines is 3. The smallest absolute Gasteiger partial charge is 0.293 e. The average molecular weight is 667 g/mol. The number of rotatable bonds is 10. The first kappa shape index (κ1) is 34.0. The van der Waals surface area contributed by atoms with Gasteiger partial charge in [-0.25, -0.2) is 4.98 Å². The molecule has 12 nitrogen and oxygen atoms in total. The van der Waals surface area contributed by atoms with Gasteiger partial charge in [-0.1, -0.05) is 24.3 Å². The highest BCUT2D eigenvalue weighted by atomic mass is 16.8. The Labute approximate surface area is 285 Å². The highest BCUT2D eigenvalue weighted by molar-refractivity contribution is 6.05. The minimum Gasteiger partial charge on any atom is -0.378 e. The van der Waals surface area contributed by atoms with E-state index in [2.05, 4.69) is 15.6 Å². The first-order valence-corrected chi connectivity index (χ1v) is 16.5. The Hall–Kier alpha value is -4.88. The largest absolute Gasteiger partial charge is 0.378 e. The van der Waals surface area contributed by atoms with Gasteiger partial charge in [0.2, 0.25) is 0 Å². The number of carbonyl (C=O) groups excluding carboxylic acids is 2. The number of nitrogens with one attached hydrogen (secondary N) is 2. The van der Waals surface area contributed by atoms with Crippen molar-refractivity contribution in [3.05, 3.63) is 106 Å². The maximum atomic E-state index is 13.3. The van der Waals surface area contributed by atoms with Gasteiger partial charge in [0.1, 0.15) is 0 Å². The topological polar surface area (TPSA) is 127 Å². The molecule has 4 aromatic rings. The second-order valence-corrected chi connectivity index (χ2v) is 12.3. The SMILES string of the molecule is COCON1CCC(c2ccc(C(=O)Nc3cccc(-c4cn(C)c(=O)c(Nc5ccc(C(=O)N6CCOCC6)cc5)n4)c3C)cc2)CC1. The fraction of sp³-hybridized carbons (Fsp3) is 0.351. The van der Waals surface area contributed by atoms with Crippen molar-refractivity contribution < 1.29 is 23.9 Å². The standard InChI is InChI=1S/C37H42N6O6/c1-25-31(5-4-6-32(25)40-35(44)28-9-7-26(8-10-28)27-15-17-43(18-16-27)49-24-47-3)33-23-41(2)37(46)34(39-33)38-30-13-11-29(12-14-30)36(45)42-19-21-48-22-20-42/h4-14,23,27H,15-22,24H2,1-3H3,(H,38,39)(H,40,44). The van der Waals surface area contributed by atoms with E-state index in [1.165, 1.54) is 10.1 Å². The Morgan fingerprint density at radius 3 is 2.33 bits per heavy atom. The van der Waals surface area contributed by atoms with Gasteiger partial charge < -0.3 is 29.6 Å². The Morgan fingerprint density at radius 1 is 0.939 bits per heavy atom. The van der Waals surface area contributed by atoms with E-state index >= 15 is 0 Å². The van der Waals surface area contributed by atoms with Crippen LogP contribution in [0.2, 0.25) is 0 Å². The summed E-state index contributed by atoms with van der Waals surface area (Å²) < 4.78 is 11.8. The van der Waals surface area contributed by atoms with Crippen LogP contribution in [0.1, 0.15) is 50.6 Å². The summed E-state index contributed by atoms with van der Waals surface area (Å²) in [7, 11) is 3.29. The number of carbonyl (C=O) groups is 2. The molecule has 0 atom stereocenters. The van der Waals surface area contributed by atoms with Gasteiger partial charge in [0.05, 0.1) is 18.9 Å². The summed E-state index contributed by atoms with van der Waals surface area (Å²) in [5.74, 6) is 0.304. The molecule has 3 heterocycles. The number of hydroxylamine groups is 2. The van der Waals surface area contributed by atoms with Crippen LogP contribution in [0.25, 0.3) is 11.3 Å². The molecule has 3 aromatic carbocycles. The number of piperidine rings is 1. The van der Waals surface area contributed by atoms with Crippen LogP contribution in [0, 0.1) is 6.92 Å². The van der Waals surface area contributed by atoms with Crippen LogP contribution in [0.3, 0.4) is 0 Å². The van der Waals surface area contributed by atoms with Gasteiger partial charge in [-0.2, -0.15) is 5.06 Å². The summed E-state index contributed by atoms with van der Waals surface area (Å²) in [6.45, 7) is 6.04. The zero-order valence-corrected chi connectivity index (χ0v) is 28.1. The molecule has 12 heteroatoms. The lowest BCUT2D eigenvalue weighted by molar-refractivity contribution is -0.225. The number of benzene rings is 3. The second-order valence-electron chi connectivity index (χ2n) is 12.3. The Bertz CT molecular complexity index is 1830. The first-order chi connectivity index (χ1) is 23.8. The lowest BCUT2D eigenvalue weighted by Crippen LogP contribution is -2.40. The molecule has 0 spiro atoms. The Kier molecular flexibility index (Phi) is 10.8. The van der Waals surface area contributed by atoms with Crippen LogP contribution in [0.4, 0.5) is 17.2 Å². The van der Waals surface area contributed by atoms with Crippen molar-refractivity contribution in [1.29, 1.82) is 0 Å². The van der Waals surface area contributed by atoms with E-state index in [1.54, 1.807) is 49.5 Å². The predicted octanol–water partition coefficient (Wildman–Crippen LogP) is 4.94. The Balaban J connectivity index is 1.13. The van der Waals surface area contributed by atoms with E-state index in [9.17, 15) is 14.4 Å². The summed E-state index contributed by atoms with van der Waals surface area (Å²) >= 11 is 0. The van der Waals surface area contributed by atoms with Crippen molar-refractivity contribution in [3.8, 4) is 11.3 Å². The fourth-order valence-corrected chi connectivity index (χ4v) is 6.19. The number of hydrogen-bond donors (Lipinski definition) is 2. The number of hydrogen-bond acceptors (Lipinski definition) is 9.